The summed E-state index contributed by atoms with van der Waals surface area (Å²) in [7, 11) is 0. The molecule has 2 aromatic carbocycles. The topological polar surface area (TPSA) is 38.7 Å². The molecule has 0 aliphatic heterocycles. The average molecular weight is 554 g/mol. The number of rotatable bonds is 3. The number of hydrogen-bond acceptors (Lipinski definition) is 3. The minimum atomic E-state index is 0. The summed E-state index contributed by atoms with van der Waals surface area (Å²) in [5.74, 6) is 0. The van der Waals surface area contributed by atoms with E-state index in [4.69, 9.17) is 4.98 Å². The summed E-state index contributed by atoms with van der Waals surface area (Å²) in [6.45, 7) is 0. The van der Waals surface area contributed by atoms with Gasteiger partial charge in [0.1, 0.15) is 0 Å². The Morgan fingerprint density at radius 1 is 0.552 bits per heavy atom. The average Bonchev–Trinajstić information content (AvgIpc) is 2.79. The summed E-state index contributed by atoms with van der Waals surface area (Å²) in [6, 6.07) is 31.7. The van der Waals surface area contributed by atoms with Crippen molar-refractivity contribution in [3.05, 3.63) is 103 Å². The summed E-state index contributed by atoms with van der Waals surface area (Å²) >= 11 is 0. The molecule has 142 valence electrons. The standard InChI is InChI=1S/C25H16N3.Pt/c1-3-15-26-22(11-1)20-9-5-8-19(17-20)21-10-6-7-18-13-14-24(28-25(18)21)23-12-2-4-16-27-23;/h1-16H;/q-1;. The molecule has 0 aliphatic rings. The molecular formula is C25H16N3Pt-. The third-order valence-electron chi connectivity index (χ3n) is 4.67. The van der Waals surface area contributed by atoms with Gasteiger partial charge in [0.05, 0.1) is 11.4 Å². The number of para-hydroxylation sites is 1. The maximum atomic E-state index is 4.93. The Kier molecular flexibility index (Phi) is 5.59. The van der Waals surface area contributed by atoms with Crippen molar-refractivity contribution >= 4 is 10.9 Å². The van der Waals surface area contributed by atoms with Crippen LogP contribution in [0.2, 0.25) is 0 Å². The first-order chi connectivity index (χ1) is 13.9. The molecular weight excluding hydrogens is 537 g/mol. The van der Waals surface area contributed by atoms with Gasteiger partial charge in [-0.15, -0.1) is 29.8 Å². The summed E-state index contributed by atoms with van der Waals surface area (Å²) in [6.07, 6.45) is 3.59. The Hall–Kier alpha value is -3.16. The summed E-state index contributed by atoms with van der Waals surface area (Å²) in [4.78, 5) is 13.8. The number of aromatic nitrogens is 3. The predicted octanol–water partition coefficient (Wildman–Crippen LogP) is 5.82. The first kappa shape index (κ1) is 19.2. The predicted molar refractivity (Wildman–Crippen MR) is 112 cm³/mol. The van der Waals surface area contributed by atoms with Crippen molar-refractivity contribution in [1.29, 1.82) is 0 Å². The molecule has 5 aromatic rings. The van der Waals surface area contributed by atoms with Crippen LogP contribution >= 0.6 is 0 Å². The molecule has 0 unspecified atom stereocenters. The van der Waals surface area contributed by atoms with Crippen LogP contribution in [0.25, 0.3) is 44.7 Å². The Labute approximate surface area is 183 Å². The molecule has 0 N–H and O–H groups in total. The van der Waals surface area contributed by atoms with Crippen molar-refractivity contribution in [3.8, 4) is 33.8 Å². The molecule has 5 rings (SSSR count). The van der Waals surface area contributed by atoms with Gasteiger partial charge in [-0.25, -0.2) is 0 Å². The van der Waals surface area contributed by atoms with E-state index in [1.807, 2.05) is 54.6 Å². The molecule has 3 aromatic heterocycles. The van der Waals surface area contributed by atoms with E-state index < -0.39 is 0 Å². The van der Waals surface area contributed by atoms with Gasteiger partial charge in [0, 0.05) is 44.7 Å². The second-order valence-electron chi connectivity index (χ2n) is 6.48. The van der Waals surface area contributed by atoms with E-state index in [1.165, 1.54) is 0 Å². The van der Waals surface area contributed by atoms with Crippen LogP contribution in [-0.2, 0) is 21.1 Å². The van der Waals surface area contributed by atoms with E-state index in [-0.39, 0.29) is 21.1 Å². The third kappa shape index (κ3) is 3.87. The van der Waals surface area contributed by atoms with Crippen molar-refractivity contribution < 1.29 is 21.1 Å². The normalized spacial score (nSPS) is 10.5. The quantitative estimate of drug-likeness (QED) is 0.264. The number of benzene rings is 2. The Morgan fingerprint density at radius 3 is 2.03 bits per heavy atom. The first-order valence-corrected chi connectivity index (χ1v) is 9.14. The van der Waals surface area contributed by atoms with Crippen molar-refractivity contribution in [2.45, 2.75) is 0 Å². The Balaban J connectivity index is 0.00000205. The Bertz CT molecular complexity index is 1260. The number of hydrogen-bond donors (Lipinski definition) is 0. The number of pyridine rings is 3. The monoisotopic (exact) mass is 553 g/mol. The van der Waals surface area contributed by atoms with Gasteiger partial charge in [-0.05, 0) is 29.7 Å². The minimum absolute atomic E-state index is 0. The molecule has 29 heavy (non-hydrogen) atoms. The van der Waals surface area contributed by atoms with Gasteiger partial charge < -0.3 is 0 Å². The summed E-state index contributed by atoms with van der Waals surface area (Å²) in [5.41, 5.74) is 6.60. The van der Waals surface area contributed by atoms with Crippen molar-refractivity contribution in [2.75, 3.05) is 0 Å². The fourth-order valence-electron chi connectivity index (χ4n) is 3.32. The maximum absolute atomic E-state index is 4.93. The van der Waals surface area contributed by atoms with Gasteiger partial charge in [-0.3, -0.25) is 15.0 Å². The van der Waals surface area contributed by atoms with E-state index in [9.17, 15) is 0 Å². The van der Waals surface area contributed by atoms with Crippen LogP contribution in [0.1, 0.15) is 0 Å². The molecule has 0 saturated carbocycles. The molecule has 3 nitrogen and oxygen atoms in total. The van der Waals surface area contributed by atoms with Crippen molar-refractivity contribution in [1.82, 2.24) is 15.0 Å². The van der Waals surface area contributed by atoms with E-state index in [2.05, 4.69) is 46.4 Å². The van der Waals surface area contributed by atoms with Gasteiger partial charge in [-0.2, -0.15) is 0 Å². The number of fused-ring (bicyclic) bond motifs is 1. The van der Waals surface area contributed by atoms with Gasteiger partial charge in [0.25, 0.3) is 0 Å². The van der Waals surface area contributed by atoms with Gasteiger partial charge in [0.15, 0.2) is 0 Å². The fourth-order valence-corrected chi connectivity index (χ4v) is 3.32. The van der Waals surface area contributed by atoms with E-state index in [0.29, 0.717) is 0 Å². The molecule has 3 heterocycles. The third-order valence-corrected chi connectivity index (χ3v) is 4.67. The van der Waals surface area contributed by atoms with E-state index in [0.717, 1.165) is 44.7 Å². The smallest absolute Gasteiger partial charge is 0.0886 e. The molecule has 0 atom stereocenters. The molecule has 0 fully saturated rings. The van der Waals surface area contributed by atoms with Crippen LogP contribution in [0.3, 0.4) is 0 Å². The van der Waals surface area contributed by atoms with E-state index >= 15 is 0 Å². The van der Waals surface area contributed by atoms with Crippen LogP contribution in [0.4, 0.5) is 0 Å². The largest absolute Gasteiger partial charge is 0.295 e. The zero-order chi connectivity index (χ0) is 18.8. The van der Waals surface area contributed by atoms with Gasteiger partial charge >= 0.3 is 0 Å². The zero-order valence-electron chi connectivity index (χ0n) is 15.4. The SMILES string of the molecule is [Pt].[c-]1c(-c2ccccn2)cccc1-c1cccc2ccc(-c3ccccn3)nc12. The molecule has 0 amide bonds. The Morgan fingerprint density at radius 2 is 1.28 bits per heavy atom. The second-order valence-corrected chi connectivity index (χ2v) is 6.48. The molecule has 0 aliphatic carbocycles. The maximum Gasteiger partial charge on any atom is 0.0886 e. The fraction of sp³-hybridized carbons (Fsp3) is 0. The van der Waals surface area contributed by atoms with Crippen molar-refractivity contribution in [3.63, 3.8) is 0 Å². The van der Waals surface area contributed by atoms with Crippen LogP contribution in [-0.4, -0.2) is 15.0 Å². The number of nitrogens with zero attached hydrogens (tertiary/aromatic N) is 3. The van der Waals surface area contributed by atoms with Crippen LogP contribution < -0.4 is 0 Å². The molecule has 0 spiro atoms. The van der Waals surface area contributed by atoms with Crippen LogP contribution in [0, 0.1) is 6.07 Å². The van der Waals surface area contributed by atoms with Crippen LogP contribution in [0.15, 0.2) is 97.3 Å². The zero-order valence-corrected chi connectivity index (χ0v) is 17.7. The molecule has 0 bridgehead atoms. The van der Waals surface area contributed by atoms with Crippen molar-refractivity contribution in [2.24, 2.45) is 0 Å². The first-order valence-electron chi connectivity index (χ1n) is 9.14. The summed E-state index contributed by atoms with van der Waals surface area (Å²) < 4.78 is 0. The van der Waals surface area contributed by atoms with Gasteiger partial charge in [0.2, 0.25) is 0 Å². The van der Waals surface area contributed by atoms with Gasteiger partial charge in [-0.1, -0.05) is 53.6 Å². The van der Waals surface area contributed by atoms with Crippen LogP contribution in [0.5, 0.6) is 0 Å². The summed E-state index contributed by atoms with van der Waals surface area (Å²) in [5, 5.41) is 1.09. The molecule has 0 saturated heterocycles. The molecule has 0 radical (unpaired) electrons. The van der Waals surface area contributed by atoms with E-state index in [1.54, 1.807) is 12.4 Å². The minimum Gasteiger partial charge on any atom is -0.295 e. The second kappa shape index (κ2) is 8.46. The molecule has 4 heteroatoms.